The van der Waals surface area contributed by atoms with Crippen molar-refractivity contribution in [2.75, 3.05) is 19.0 Å². The molecule has 2 aromatic carbocycles. The molecule has 0 atom stereocenters. The Hall–Kier alpha value is -3.01. The minimum absolute atomic E-state index is 0.0605. The van der Waals surface area contributed by atoms with Crippen LogP contribution in [-0.2, 0) is 18.4 Å². The lowest BCUT2D eigenvalue weighted by molar-refractivity contribution is 0.0656. The van der Waals surface area contributed by atoms with Crippen LogP contribution in [0, 0.1) is 6.92 Å². The largest absolute Gasteiger partial charge is 0.456 e. The van der Waals surface area contributed by atoms with E-state index in [2.05, 4.69) is 75.1 Å². The van der Waals surface area contributed by atoms with Crippen LogP contribution in [0.5, 0.6) is 0 Å². The summed E-state index contributed by atoms with van der Waals surface area (Å²) in [5.41, 5.74) is 6.11. The van der Waals surface area contributed by atoms with Crippen LogP contribution in [0.3, 0.4) is 0 Å². The molecule has 0 aliphatic carbocycles. The Morgan fingerprint density at radius 2 is 1.64 bits per heavy atom. The molecule has 3 rings (SSSR count). The number of hydrogen-bond acceptors (Lipinski definition) is 3. The number of carbonyl (C=O) groups excluding carboxylic acids is 1. The van der Waals surface area contributed by atoms with E-state index in [-0.39, 0.29) is 17.4 Å². The number of carbonyl (C=O) groups is 1. The second kappa shape index (κ2) is 9.86. The summed E-state index contributed by atoms with van der Waals surface area (Å²) in [6.45, 7) is 13.4. The summed E-state index contributed by atoms with van der Waals surface area (Å²) in [7, 11) is 4.04. The molecular weight excluding hydrogens is 408 g/mol. The molecule has 1 amide bonds. The quantitative estimate of drug-likeness (QED) is 0.411. The summed E-state index contributed by atoms with van der Waals surface area (Å²) in [5.74, 6) is 1.13. The fraction of sp³-hybridized carbons (Fsp3) is 0.414. The minimum Gasteiger partial charge on any atom is -0.456 e. The normalized spacial score (nSPS) is 11.7. The van der Waals surface area contributed by atoms with Crippen LogP contribution in [-0.4, -0.2) is 30.9 Å². The Morgan fingerprint density at radius 3 is 2.21 bits per heavy atom. The van der Waals surface area contributed by atoms with E-state index < -0.39 is 0 Å². The monoisotopic (exact) mass is 446 g/mol. The molecule has 0 saturated carbocycles. The van der Waals surface area contributed by atoms with Gasteiger partial charge in [0.25, 0.3) is 5.91 Å². The average Bonchev–Trinajstić information content (AvgIpc) is 3.21. The molecule has 3 aromatic rings. The molecule has 0 fully saturated rings. The first kappa shape index (κ1) is 24.6. The van der Waals surface area contributed by atoms with Gasteiger partial charge < -0.3 is 14.2 Å². The fourth-order valence-corrected chi connectivity index (χ4v) is 3.83. The van der Waals surface area contributed by atoms with Gasteiger partial charge in [0.05, 0.1) is 0 Å². The molecule has 176 valence electrons. The first-order valence-corrected chi connectivity index (χ1v) is 11.7. The molecule has 1 heterocycles. The number of furan rings is 1. The highest BCUT2D eigenvalue weighted by molar-refractivity contribution is 5.91. The lowest BCUT2D eigenvalue weighted by Crippen LogP contribution is -2.36. The number of anilines is 1. The van der Waals surface area contributed by atoms with Crippen LogP contribution in [0.15, 0.2) is 59.0 Å². The van der Waals surface area contributed by atoms with E-state index in [1.807, 2.05) is 45.0 Å². The van der Waals surface area contributed by atoms with E-state index in [9.17, 15) is 4.79 Å². The van der Waals surface area contributed by atoms with Crippen molar-refractivity contribution in [3.05, 3.63) is 88.4 Å². The van der Waals surface area contributed by atoms with E-state index in [4.69, 9.17) is 4.42 Å². The Labute approximate surface area is 199 Å². The minimum atomic E-state index is -0.0758. The smallest absolute Gasteiger partial charge is 0.290 e. The molecule has 0 bridgehead atoms. The average molecular weight is 447 g/mol. The van der Waals surface area contributed by atoms with Gasteiger partial charge in [-0.05, 0) is 72.7 Å². The van der Waals surface area contributed by atoms with Crippen LogP contribution in [0.25, 0.3) is 0 Å². The van der Waals surface area contributed by atoms with Crippen molar-refractivity contribution in [1.82, 2.24) is 4.90 Å². The number of amides is 1. The summed E-state index contributed by atoms with van der Waals surface area (Å²) in [6.07, 6.45) is 0.677. The van der Waals surface area contributed by atoms with Gasteiger partial charge in [-0.25, -0.2) is 0 Å². The molecule has 0 spiro atoms. The fourth-order valence-electron chi connectivity index (χ4n) is 3.83. The number of hydrogen-bond donors (Lipinski definition) is 0. The summed E-state index contributed by atoms with van der Waals surface area (Å²) in [4.78, 5) is 17.2. The maximum absolute atomic E-state index is 13.3. The van der Waals surface area contributed by atoms with Crippen LogP contribution < -0.4 is 4.90 Å². The molecule has 0 aliphatic rings. The predicted octanol–water partition coefficient (Wildman–Crippen LogP) is 6.59. The molecule has 0 aliphatic heterocycles. The Kier molecular flexibility index (Phi) is 7.36. The lowest BCUT2D eigenvalue weighted by atomic mass is 9.85. The van der Waals surface area contributed by atoms with Crippen LogP contribution in [0.4, 0.5) is 5.69 Å². The van der Waals surface area contributed by atoms with Gasteiger partial charge >= 0.3 is 0 Å². The first-order chi connectivity index (χ1) is 15.5. The third-order valence-electron chi connectivity index (χ3n) is 6.14. The van der Waals surface area contributed by atoms with Gasteiger partial charge in [0.1, 0.15) is 5.76 Å². The number of rotatable bonds is 7. The molecule has 4 heteroatoms. The summed E-state index contributed by atoms with van der Waals surface area (Å²) in [5, 5.41) is 0. The highest BCUT2D eigenvalue weighted by Crippen LogP contribution is 2.26. The second-order valence-corrected chi connectivity index (χ2v) is 10.4. The van der Waals surface area contributed by atoms with Crippen molar-refractivity contribution < 1.29 is 9.21 Å². The molecule has 0 N–H and O–H groups in total. The number of aryl methyl sites for hydroxylation is 1. The first-order valence-electron chi connectivity index (χ1n) is 11.7. The van der Waals surface area contributed by atoms with Gasteiger partial charge in [0.15, 0.2) is 5.76 Å². The van der Waals surface area contributed by atoms with Crippen LogP contribution in [0.2, 0.25) is 0 Å². The summed E-state index contributed by atoms with van der Waals surface area (Å²) in [6, 6.07) is 18.8. The van der Waals surface area contributed by atoms with Crippen molar-refractivity contribution in [2.24, 2.45) is 0 Å². The van der Waals surface area contributed by atoms with Crippen LogP contribution in [0.1, 0.15) is 73.2 Å². The molecule has 0 saturated heterocycles. The highest BCUT2D eigenvalue weighted by Gasteiger charge is 2.23. The second-order valence-electron chi connectivity index (χ2n) is 10.4. The zero-order valence-electron chi connectivity index (χ0n) is 21.4. The summed E-state index contributed by atoms with van der Waals surface area (Å²) < 4.78 is 6.05. The number of nitrogens with zero attached hydrogens (tertiary/aromatic N) is 2. The maximum atomic E-state index is 13.3. The highest BCUT2D eigenvalue weighted by atomic mass is 16.4. The van der Waals surface area contributed by atoms with Crippen molar-refractivity contribution in [3.63, 3.8) is 0 Å². The van der Waals surface area contributed by atoms with Crippen molar-refractivity contribution >= 4 is 11.6 Å². The van der Waals surface area contributed by atoms with Gasteiger partial charge in [-0.3, -0.25) is 4.79 Å². The van der Waals surface area contributed by atoms with Gasteiger partial charge in [0.2, 0.25) is 0 Å². The number of benzene rings is 2. The summed E-state index contributed by atoms with van der Waals surface area (Å²) >= 11 is 0. The Bertz CT molecular complexity index is 1090. The van der Waals surface area contributed by atoms with E-state index >= 15 is 0 Å². The van der Waals surface area contributed by atoms with E-state index in [0.29, 0.717) is 18.7 Å². The molecule has 0 unspecified atom stereocenters. The standard InChI is InChI=1S/C29H38N2O2/c1-20(2)31(19-22-10-13-25(14-11-22)30(7)8)28(32)27-16-15-26(33-27)18-23-17-24(29(4,5)6)12-9-21(23)3/h9-17,20H,18-19H2,1-8H3. The molecular formula is C29H38N2O2. The third-order valence-corrected chi connectivity index (χ3v) is 6.14. The molecule has 1 aromatic heterocycles. The topological polar surface area (TPSA) is 36.7 Å². The molecule has 0 radical (unpaired) electrons. The van der Waals surface area contributed by atoms with E-state index in [0.717, 1.165) is 17.0 Å². The SMILES string of the molecule is Cc1ccc(C(C)(C)C)cc1Cc1ccc(C(=O)N(Cc2ccc(N(C)C)cc2)C(C)C)o1. The van der Waals surface area contributed by atoms with E-state index in [1.54, 1.807) is 0 Å². The van der Waals surface area contributed by atoms with E-state index in [1.165, 1.54) is 16.7 Å². The van der Waals surface area contributed by atoms with Gasteiger partial charge in [-0.2, -0.15) is 0 Å². The zero-order valence-corrected chi connectivity index (χ0v) is 21.4. The lowest BCUT2D eigenvalue weighted by Gasteiger charge is -2.26. The zero-order chi connectivity index (χ0) is 24.3. The predicted molar refractivity (Wildman–Crippen MR) is 137 cm³/mol. The van der Waals surface area contributed by atoms with Crippen molar-refractivity contribution in [3.8, 4) is 0 Å². The molecule has 33 heavy (non-hydrogen) atoms. The third kappa shape index (κ3) is 6.07. The van der Waals surface area contributed by atoms with Crippen molar-refractivity contribution in [2.45, 2.75) is 66.0 Å². The van der Waals surface area contributed by atoms with Gasteiger partial charge in [-0.15, -0.1) is 0 Å². The van der Waals surface area contributed by atoms with Crippen LogP contribution >= 0.6 is 0 Å². The van der Waals surface area contributed by atoms with Crippen molar-refractivity contribution in [1.29, 1.82) is 0 Å². The molecule has 4 nitrogen and oxygen atoms in total. The Balaban J connectivity index is 1.77. The maximum Gasteiger partial charge on any atom is 0.290 e. The van der Waals surface area contributed by atoms with Gasteiger partial charge in [-0.1, -0.05) is 51.1 Å². The van der Waals surface area contributed by atoms with Gasteiger partial charge in [0, 0.05) is 38.8 Å². The Morgan fingerprint density at radius 1 is 0.970 bits per heavy atom.